The van der Waals surface area contributed by atoms with E-state index in [4.69, 9.17) is 0 Å². The molecule has 148 valence electrons. The number of nitrogens with one attached hydrogen (secondary N) is 2. The Hall–Kier alpha value is -2.81. The summed E-state index contributed by atoms with van der Waals surface area (Å²) in [5.74, 6) is 0.968. The fraction of sp³-hybridized carbons (Fsp3) is 0.526. The molecule has 1 saturated carbocycles. The van der Waals surface area contributed by atoms with Gasteiger partial charge in [0.2, 0.25) is 5.95 Å². The highest BCUT2D eigenvalue weighted by Gasteiger charge is 2.22. The second-order valence-electron chi connectivity index (χ2n) is 7.36. The molecule has 4 rings (SSSR count). The van der Waals surface area contributed by atoms with Crippen molar-refractivity contribution in [1.29, 1.82) is 0 Å². The molecule has 28 heavy (non-hydrogen) atoms. The van der Waals surface area contributed by atoms with Gasteiger partial charge in [0.15, 0.2) is 5.65 Å². The number of aliphatic hydroxyl groups is 1. The highest BCUT2D eigenvalue weighted by molar-refractivity contribution is 5.74. The zero-order valence-corrected chi connectivity index (χ0v) is 15.9. The van der Waals surface area contributed by atoms with Crippen molar-refractivity contribution in [2.24, 2.45) is 0 Å². The number of aromatic nitrogens is 6. The number of fused-ring (bicyclic) bond motifs is 1. The number of rotatable bonds is 7. The van der Waals surface area contributed by atoms with Crippen LogP contribution >= 0.6 is 0 Å². The monoisotopic (exact) mass is 383 g/mol. The minimum absolute atomic E-state index is 0.0709. The van der Waals surface area contributed by atoms with Crippen molar-refractivity contribution in [2.45, 2.75) is 57.5 Å². The molecule has 3 aromatic heterocycles. The third-order valence-corrected chi connectivity index (χ3v) is 5.21. The van der Waals surface area contributed by atoms with Gasteiger partial charge in [-0.1, -0.05) is 12.8 Å². The van der Waals surface area contributed by atoms with Crippen LogP contribution in [0.25, 0.3) is 11.0 Å². The normalized spacial score (nSPS) is 15.9. The number of hydrogen-bond acceptors (Lipinski definition) is 7. The van der Waals surface area contributed by atoms with Crippen molar-refractivity contribution < 1.29 is 5.11 Å². The second-order valence-corrected chi connectivity index (χ2v) is 7.36. The minimum Gasteiger partial charge on any atom is -0.396 e. The molecule has 0 amide bonds. The molecule has 9 heteroatoms. The molecular weight excluding hydrogens is 358 g/mol. The zero-order chi connectivity index (χ0) is 19.5. The molecule has 1 atom stereocenters. The summed E-state index contributed by atoms with van der Waals surface area (Å²) < 4.78 is 1.88. The van der Waals surface area contributed by atoms with Gasteiger partial charge in [0.25, 0.3) is 5.56 Å². The summed E-state index contributed by atoms with van der Waals surface area (Å²) in [5.41, 5.74) is 1.35. The summed E-state index contributed by atoms with van der Waals surface area (Å²) in [5, 5.41) is 17.4. The smallest absolute Gasteiger partial charge is 0.263 e. The molecule has 0 radical (unpaired) electrons. The van der Waals surface area contributed by atoms with Gasteiger partial charge in [-0.05, 0) is 38.2 Å². The molecule has 0 bridgehead atoms. The van der Waals surface area contributed by atoms with Crippen molar-refractivity contribution in [3.05, 3.63) is 40.3 Å². The summed E-state index contributed by atoms with van der Waals surface area (Å²) in [6, 6.07) is 0.0291. The fourth-order valence-corrected chi connectivity index (χ4v) is 3.73. The molecule has 1 fully saturated rings. The second kappa shape index (κ2) is 8.05. The van der Waals surface area contributed by atoms with E-state index in [1.165, 1.54) is 12.8 Å². The number of aryl methyl sites for hydroxylation is 1. The summed E-state index contributed by atoms with van der Waals surface area (Å²) in [6.45, 7) is 2.00. The lowest BCUT2D eigenvalue weighted by Crippen LogP contribution is -2.20. The van der Waals surface area contributed by atoms with Gasteiger partial charge in [-0.25, -0.2) is 14.6 Å². The lowest BCUT2D eigenvalue weighted by molar-refractivity contribution is 0.280. The molecule has 9 nitrogen and oxygen atoms in total. The Bertz CT molecular complexity index is 990. The SMILES string of the molecule is Cc1cnc(C(CCCO)Nc2nc3c(cnn3C3CCCC3)c(=O)[nH]2)nc1. The summed E-state index contributed by atoms with van der Waals surface area (Å²) in [6.07, 6.45) is 10.8. The van der Waals surface area contributed by atoms with Gasteiger partial charge in [-0.2, -0.15) is 10.1 Å². The zero-order valence-electron chi connectivity index (χ0n) is 15.9. The van der Waals surface area contributed by atoms with E-state index in [2.05, 4.69) is 30.4 Å². The highest BCUT2D eigenvalue weighted by atomic mass is 16.3. The van der Waals surface area contributed by atoms with Gasteiger partial charge in [0, 0.05) is 19.0 Å². The van der Waals surface area contributed by atoms with Crippen LogP contribution in [0.4, 0.5) is 5.95 Å². The maximum Gasteiger partial charge on any atom is 0.263 e. The van der Waals surface area contributed by atoms with Gasteiger partial charge in [0.1, 0.15) is 11.2 Å². The van der Waals surface area contributed by atoms with Crippen LogP contribution < -0.4 is 10.9 Å². The van der Waals surface area contributed by atoms with E-state index < -0.39 is 0 Å². The molecule has 3 N–H and O–H groups in total. The lowest BCUT2D eigenvalue weighted by atomic mass is 10.1. The number of H-pyrrole nitrogens is 1. The molecule has 3 heterocycles. The molecule has 0 saturated heterocycles. The van der Waals surface area contributed by atoms with Crippen molar-refractivity contribution in [3.63, 3.8) is 0 Å². The Morgan fingerprint density at radius 2 is 2.04 bits per heavy atom. The third-order valence-electron chi connectivity index (χ3n) is 5.21. The maximum absolute atomic E-state index is 12.5. The Morgan fingerprint density at radius 1 is 1.29 bits per heavy atom. The van der Waals surface area contributed by atoms with E-state index in [1.54, 1.807) is 18.6 Å². The Kier molecular flexibility index (Phi) is 5.34. The number of hydrogen-bond donors (Lipinski definition) is 3. The predicted molar refractivity (Wildman–Crippen MR) is 105 cm³/mol. The number of anilines is 1. The fourth-order valence-electron chi connectivity index (χ4n) is 3.73. The van der Waals surface area contributed by atoms with Crippen molar-refractivity contribution in [3.8, 4) is 0 Å². The standard InChI is InChI=1S/C19H25N7O2/c1-12-9-20-16(21-10-12)15(7-4-8-27)23-19-24-17-14(18(28)25-19)11-22-26(17)13-5-2-3-6-13/h9-11,13,15,27H,2-8H2,1H3,(H2,23,24,25,28). The van der Waals surface area contributed by atoms with E-state index in [1.807, 2.05) is 11.6 Å². The van der Waals surface area contributed by atoms with Crippen molar-refractivity contribution in [1.82, 2.24) is 29.7 Å². The molecular formula is C19H25N7O2. The quantitative estimate of drug-likeness (QED) is 0.572. The first-order valence-electron chi connectivity index (χ1n) is 9.79. The summed E-state index contributed by atoms with van der Waals surface area (Å²) >= 11 is 0. The molecule has 0 aliphatic heterocycles. The van der Waals surface area contributed by atoms with E-state index in [0.717, 1.165) is 18.4 Å². The predicted octanol–water partition coefficient (Wildman–Crippen LogP) is 2.26. The average Bonchev–Trinajstić information content (AvgIpc) is 3.35. The molecule has 1 aliphatic carbocycles. The Balaban J connectivity index is 1.67. The van der Waals surface area contributed by atoms with Crippen LogP contribution in [0, 0.1) is 6.92 Å². The van der Waals surface area contributed by atoms with Crippen LogP contribution in [0.2, 0.25) is 0 Å². The largest absolute Gasteiger partial charge is 0.396 e. The highest BCUT2D eigenvalue weighted by Crippen LogP contribution is 2.30. The molecule has 1 unspecified atom stereocenters. The van der Waals surface area contributed by atoms with Crippen LogP contribution in [0.5, 0.6) is 0 Å². The van der Waals surface area contributed by atoms with E-state index >= 15 is 0 Å². The lowest BCUT2D eigenvalue weighted by Gasteiger charge is -2.18. The number of aliphatic hydroxyl groups excluding tert-OH is 1. The van der Waals surface area contributed by atoms with Crippen LogP contribution in [0.3, 0.4) is 0 Å². The van der Waals surface area contributed by atoms with Gasteiger partial charge in [-0.3, -0.25) is 9.78 Å². The molecule has 0 spiro atoms. The minimum atomic E-state index is -0.267. The maximum atomic E-state index is 12.5. The molecule has 3 aromatic rings. The number of aromatic amines is 1. The summed E-state index contributed by atoms with van der Waals surface area (Å²) in [7, 11) is 0. The van der Waals surface area contributed by atoms with Gasteiger partial charge >= 0.3 is 0 Å². The van der Waals surface area contributed by atoms with Crippen molar-refractivity contribution >= 4 is 17.0 Å². The van der Waals surface area contributed by atoms with Crippen LogP contribution in [0.1, 0.15) is 62.0 Å². The Labute approximate surface area is 162 Å². The summed E-state index contributed by atoms with van der Waals surface area (Å²) in [4.78, 5) is 28.8. The molecule has 1 aliphatic rings. The third kappa shape index (κ3) is 3.75. The van der Waals surface area contributed by atoms with Crippen LogP contribution in [-0.2, 0) is 0 Å². The van der Waals surface area contributed by atoms with E-state index in [0.29, 0.717) is 41.7 Å². The van der Waals surface area contributed by atoms with E-state index in [-0.39, 0.29) is 18.2 Å². The first-order valence-corrected chi connectivity index (χ1v) is 9.79. The van der Waals surface area contributed by atoms with Gasteiger partial charge < -0.3 is 10.4 Å². The van der Waals surface area contributed by atoms with Gasteiger partial charge in [-0.15, -0.1) is 0 Å². The molecule has 0 aromatic carbocycles. The van der Waals surface area contributed by atoms with Crippen LogP contribution in [-0.4, -0.2) is 41.4 Å². The van der Waals surface area contributed by atoms with Crippen LogP contribution in [0.15, 0.2) is 23.4 Å². The topological polar surface area (TPSA) is 122 Å². The van der Waals surface area contributed by atoms with Gasteiger partial charge in [0.05, 0.1) is 18.3 Å². The Morgan fingerprint density at radius 3 is 2.75 bits per heavy atom. The average molecular weight is 383 g/mol. The first kappa shape index (κ1) is 18.5. The first-order chi connectivity index (χ1) is 13.7. The number of nitrogens with zero attached hydrogens (tertiary/aromatic N) is 5. The van der Waals surface area contributed by atoms with E-state index in [9.17, 15) is 9.90 Å². The van der Waals surface area contributed by atoms with Crippen molar-refractivity contribution in [2.75, 3.05) is 11.9 Å².